The first-order valence-electron chi connectivity index (χ1n) is 6.64. The largest absolute Gasteiger partial charge is 0.418 e. The van der Waals surface area contributed by atoms with Crippen LogP contribution < -0.4 is 10.6 Å². The molecule has 3 N–H and O–H groups in total. The van der Waals surface area contributed by atoms with Gasteiger partial charge in [-0.1, -0.05) is 26.0 Å². The van der Waals surface area contributed by atoms with Gasteiger partial charge in [0.15, 0.2) is 0 Å². The second kappa shape index (κ2) is 6.80. The number of rotatable bonds is 5. The molecule has 118 valence electrons. The smallest absolute Gasteiger partial charge is 0.394 e. The zero-order valence-electron chi connectivity index (χ0n) is 11.9. The highest BCUT2D eigenvalue weighted by molar-refractivity contribution is 5.90. The van der Waals surface area contributed by atoms with Gasteiger partial charge < -0.3 is 15.7 Å². The van der Waals surface area contributed by atoms with Crippen LogP contribution in [0.1, 0.15) is 32.3 Å². The van der Waals surface area contributed by atoms with Gasteiger partial charge in [0.05, 0.1) is 23.4 Å². The topological polar surface area (TPSA) is 61.4 Å². The maximum absolute atomic E-state index is 12.8. The molecule has 7 heteroatoms. The summed E-state index contributed by atoms with van der Waals surface area (Å²) < 4.78 is 38.5. The Hall–Kier alpha value is -1.76. The average Bonchev–Trinajstić information content (AvgIpc) is 2.44. The third-order valence-electron chi connectivity index (χ3n) is 3.52. The Kier molecular flexibility index (Phi) is 5.60. The molecule has 0 aromatic heterocycles. The van der Waals surface area contributed by atoms with Crippen LogP contribution in [0.25, 0.3) is 0 Å². The lowest BCUT2D eigenvalue weighted by atomic mass is 9.94. The van der Waals surface area contributed by atoms with Crippen LogP contribution in [-0.2, 0) is 6.18 Å². The normalized spacial score (nSPS) is 12.1. The summed E-state index contributed by atoms with van der Waals surface area (Å²) in [5.74, 6) is 0. The van der Waals surface area contributed by atoms with Gasteiger partial charge >= 0.3 is 12.2 Å². The second-order valence-corrected chi connectivity index (χ2v) is 4.77. The fourth-order valence-electron chi connectivity index (χ4n) is 1.92. The Bertz CT molecular complexity index is 477. The van der Waals surface area contributed by atoms with Crippen LogP contribution in [-0.4, -0.2) is 23.3 Å². The number of amides is 2. The first-order chi connectivity index (χ1) is 9.78. The highest BCUT2D eigenvalue weighted by Crippen LogP contribution is 2.34. The molecule has 1 aromatic carbocycles. The standard InChI is InChI=1S/C14H19F3N2O2/c1-3-13(4-2,9-20)19-12(21)18-11-8-6-5-7-10(11)14(15,16)17/h5-8,20H,3-4,9H2,1-2H3,(H2,18,19,21). The number of carbonyl (C=O) groups is 1. The quantitative estimate of drug-likeness (QED) is 0.781. The Labute approximate surface area is 121 Å². The van der Waals surface area contributed by atoms with Crippen molar-refractivity contribution in [3.63, 3.8) is 0 Å². The van der Waals surface area contributed by atoms with Gasteiger partial charge in [-0.2, -0.15) is 13.2 Å². The highest BCUT2D eigenvalue weighted by Gasteiger charge is 2.34. The Morgan fingerprint density at radius 2 is 1.76 bits per heavy atom. The van der Waals surface area contributed by atoms with Gasteiger partial charge in [0.2, 0.25) is 0 Å². The van der Waals surface area contributed by atoms with Crippen molar-refractivity contribution in [1.29, 1.82) is 0 Å². The molecule has 0 heterocycles. The van der Waals surface area contributed by atoms with E-state index in [1.165, 1.54) is 18.2 Å². The molecule has 0 radical (unpaired) electrons. The molecule has 0 aliphatic carbocycles. The summed E-state index contributed by atoms with van der Waals surface area (Å²) in [7, 11) is 0. The Morgan fingerprint density at radius 1 is 1.19 bits per heavy atom. The Morgan fingerprint density at radius 3 is 2.24 bits per heavy atom. The number of aliphatic hydroxyl groups excluding tert-OH is 1. The SMILES string of the molecule is CCC(CC)(CO)NC(=O)Nc1ccccc1C(F)(F)F. The predicted molar refractivity (Wildman–Crippen MR) is 74.0 cm³/mol. The molecular weight excluding hydrogens is 285 g/mol. The monoisotopic (exact) mass is 304 g/mol. The number of carbonyl (C=O) groups excluding carboxylic acids is 1. The molecule has 0 aliphatic rings. The summed E-state index contributed by atoms with van der Waals surface area (Å²) >= 11 is 0. The molecule has 0 fully saturated rings. The number of aliphatic hydroxyl groups is 1. The zero-order valence-corrected chi connectivity index (χ0v) is 11.9. The van der Waals surface area contributed by atoms with Crippen molar-refractivity contribution >= 4 is 11.7 Å². The second-order valence-electron chi connectivity index (χ2n) is 4.77. The molecule has 4 nitrogen and oxygen atoms in total. The average molecular weight is 304 g/mol. The number of benzene rings is 1. The lowest BCUT2D eigenvalue weighted by molar-refractivity contribution is -0.136. The number of nitrogens with one attached hydrogen (secondary N) is 2. The number of halogens is 3. The van der Waals surface area contributed by atoms with Gasteiger partial charge in [-0.15, -0.1) is 0 Å². The summed E-state index contributed by atoms with van der Waals surface area (Å²) in [4.78, 5) is 11.9. The number of hydrogen-bond donors (Lipinski definition) is 3. The number of anilines is 1. The van der Waals surface area contributed by atoms with Gasteiger partial charge in [0, 0.05) is 0 Å². The van der Waals surface area contributed by atoms with E-state index in [1.54, 1.807) is 13.8 Å². The minimum atomic E-state index is -4.55. The van der Waals surface area contributed by atoms with Crippen LogP contribution in [0.2, 0.25) is 0 Å². The number of hydrogen-bond acceptors (Lipinski definition) is 2. The molecule has 0 bridgehead atoms. The van der Waals surface area contributed by atoms with E-state index in [9.17, 15) is 23.1 Å². The van der Waals surface area contributed by atoms with Crippen LogP contribution in [0.5, 0.6) is 0 Å². The molecule has 0 atom stereocenters. The van der Waals surface area contributed by atoms with Gasteiger partial charge in [-0.05, 0) is 25.0 Å². The lowest BCUT2D eigenvalue weighted by Crippen LogP contribution is -2.52. The zero-order chi connectivity index (χ0) is 16.1. The molecular formula is C14H19F3N2O2. The highest BCUT2D eigenvalue weighted by atomic mass is 19.4. The molecule has 0 saturated carbocycles. The van der Waals surface area contributed by atoms with Gasteiger partial charge in [-0.3, -0.25) is 0 Å². The van der Waals surface area contributed by atoms with E-state index in [2.05, 4.69) is 10.6 Å². The van der Waals surface area contributed by atoms with Crippen LogP contribution in [0, 0.1) is 0 Å². The summed E-state index contributed by atoms with van der Waals surface area (Å²) in [5, 5.41) is 14.1. The fourth-order valence-corrected chi connectivity index (χ4v) is 1.92. The Balaban J connectivity index is 2.90. The van der Waals surface area contributed by atoms with Crippen LogP contribution >= 0.6 is 0 Å². The maximum Gasteiger partial charge on any atom is 0.418 e. The van der Waals surface area contributed by atoms with E-state index in [-0.39, 0.29) is 12.3 Å². The minimum Gasteiger partial charge on any atom is -0.394 e. The third-order valence-corrected chi connectivity index (χ3v) is 3.52. The van der Waals surface area contributed by atoms with Crippen molar-refractivity contribution in [3.8, 4) is 0 Å². The lowest BCUT2D eigenvalue weighted by Gasteiger charge is -2.30. The molecule has 1 aromatic rings. The summed E-state index contributed by atoms with van der Waals surface area (Å²) in [6, 6.07) is 3.96. The van der Waals surface area contributed by atoms with E-state index >= 15 is 0 Å². The van der Waals surface area contributed by atoms with Crippen molar-refractivity contribution < 1.29 is 23.1 Å². The summed E-state index contributed by atoms with van der Waals surface area (Å²) in [6.45, 7) is 3.28. The minimum absolute atomic E-state index is 0.283. The first-order valence-corrected chi connectivity index (χ1v) is 6.64. The number of urea groups is 1. The summed E-state index contributed by atoms with van der Waals surface area (Å²) in [5.41, 5.74) is -2.07. The molecule has 0 unspecified atom stereocenters. The van der Waals surface area contributed by atoms with Gasteiger partial charge in [-0.25, -0.2) is 4.79 Å². The van der Waals surface area contributed by atoms with E-state index in [0.29, 0.717) is 12.8 Å². The summed E-state index contributed by atoms with van der Waals surface area (Å²) in [6.07, 6.45) is -3.61. The molecule has 0 spiro atoms. The van der Waals surface area contributed by atoms with E-state index in [0.717, 1.165) is 6.07 Å². The van der Waals surface area contributed by atoms with Gasteiger partial charge in [0.1, 0.15) is 0 Å². The first kappa shape index (κ1) is 17.3. The fraction of sp³-hybridized carbons (Fsp3) is 0.500. The molecule has 1 rings (SSSR count). The van der Waals surface area contributed by atoms with Crippen LogP contribution in [0.3, 0.4) is 0 Å². The van der Waals surface area contributed by atoms with Gasteiger partial charge in [0.25, 0.3) is 0 Å². The van der Waals surface area contributed by atoms with E-state index in [4.69, 9.17) is 0 Å². The number of alkyl halides is 3. The molecule has 21 heavy (non-hydrogen) atoms. The van der Waals surface area contributed by atoms with E-state index in [1.807, 2.05) is 0 Å². The van der Waals surface area contributed by atoms with Crippen molar-refractivity contribution in [2.24, 2.45) is 0 Å². The maximum atomic E-state index is 12.8. The van der Waals surface area contributed by atoms with Crippen LogP contribution in [0.4, 0.5) is 23.7 Å². The third kappa shape index (κ3) is 4.35. The van der Waals surface area contributed by atoms with Crippen LogP contribution in [0.15, 0.2) is 24.3 Å². The van der Waals surface area contributed by atoms with Crippen molar-refractivity contribution in [1.82, 2.24) is 5.32 Å². The number of para-hydroxylation sites is 1. The molecule has 0 saturated heterocycles. The van der Waals surface area contributed by atoms with Crippen molar-refractivity contribution in [3.05, 3.63) is 29.8 Å². The predicted octanol–water partition coefficient (Wildman–Crippen LogP) is 3.38. The van der Waals surface area contributed by atoms with E-state index < -0.39 is 23.3 Å². The van der Waals surface area contributed by atoms with Crippen molar-refractivity contribution in [2.75, 3.05) is 11.9 Å². The molecule has 2 amide bonds. The van der Waals surface area contributed by atoms with Crippen molar-refractivity contribution in [2.45, 2.75) is 38.4 Å². The molecule has 0 aliphatic heterocycles.